The van der Waals surface area contributed by atoms with E-state index in [9.17, 15) is 9.59 Å². The van der Waals surface area contributed by atoms with Gasteiger partial charge in [0.15, 0.2) is 5.78 Å². The minimum absolute atomic E-state index is 0.0107. The number of unbranched alkanes of at least 4 members (excludes halogenated alkanes) is 2. The molecule has 1 heterocycles. The van der Waals surface area contributed by atoms with Crippen molar-refractivity contribution in [2.45, 2.75) is 39.0 Å². The van der Waals surface area contributed by atoms with Crippen molar-refractivity contribution in [2.75, 3.05) is 0 Å². The van der Waals surface area contributed by atoms with E-state index in [1.54, 1.807) is 11.4 Å². The maximum atomic E-state index is 11.6. The molecule has 1 aromatic heterocycles. The van der Waals surface area contributed by atoms with Crippen LogP contribution in [0, 0.1) is 0 Å². The van der Waals surface area contributed by atoms with E-state index in [1.807, 2.05) is 0 Å². The highest BCUT2D eigenvalue weighted by atomic mass is 35.5. The average Bonchev–Trinajstić information content (AvgIpc) is 2.65. The molecule has 0 aliphatic heterocycles. The van der Waals surface area contributed by atoms with E-state index >= 15 is 0 Å². The average molecular weight is 259 g/mol. The molecule has 0 atom stereocenters. The van der Waals surface area contributed by atoms with Gasteiger partial charge in [0.2, 0.25) is 0 Å². The molecule has 0 spiro atoms. The highest BCUT2D eigenvalue weighted by Gasteiger charge is 2.12. The van der Waals surface area contributed by atoms with Crippen molar-refractivity contribution >= 4 is 34.5 Å². The number of ketones is 2. The molecule has 16 heavy (non-hydrogen) atoms. The summed E-state index contributed by atoms with van der Waals surface area (Å²) in [6.45, 7) is 2.09. The van der Waals surface area contributed by atoms with Gasteiger partial charge in [-0.25, -0.2) is 0 Å². The zero-order chi connectivity index (χ0) is 12.0. The van der Waals surface area contributed by atoms with Crippen LogP contribution in [-0.2, 0) is 4.79 Å². The second kappa shape index (κ2) is 6.81. The normalized spacial score (nSPS) is 10.4. The van der Waals surface area contributed by atoms with E-state index in [4.69, 9.17) is 11.6 Å². The number of rotatable bonds is 7. The van der Waals surface area contributed by atoms with Crippen LogP contribution in [0.5, 0.6) is 0 Å². The van der Waals surface area contributed by atoms with Crippen LogP contribution in [0.25, 0.3) is 0 Å². The summed E-state index contributed by atoms with van der Waals surface area (Å²) in [4.78, 5) is 23.1. The fraction of sp³-hybridized carbons (Fsp3) is 0.500. The van der Waals surface area contributed by atoms with Gasteiger partial charge in [0, 0.05) is 17.4 Å². The van der Waals surface area contributed by atoms with E-state index in [0.29, 0.717) is 16.3 Å². The van der Waals surface area contributed by atoms with E-state index in [2.05, 4.69) is 6.92 Å². The van der Waals surface area contributed by atoms with Gasteiger partial charge in [0.25, 0.3) is 0 Å². The Morgan fingerprint density at radius 3 is 2.69 bits per heavy atom. The minimum Gasteiger partial charge on any atom is -0.299 e. The third kappa shape index (κ3) is 4.45. The van der Waals surface area contributed by atoms with Crippen molar-refractivity contribution in [3.8, 4) is 0 Å². The topological polar surface area (TPSA) is 34.1 Å². The summed E-state index contributed by atoms with van der Waals surface area (Å²) in [5.74, 6) is -0.0922. The molecule has 0 radical (unpaired) electrons. The predicted octanol–water partition coefficient (Wildman–Crippen LogP) is 4.12. The Kier molecular flexibility index (Phi) is 5.71. The van der Waals surface area contributed by atoms with E-state index < -0.39 is 0 Å². The van der Waals surface area contributed by atoms with Gasteiger partial charge in [0.1, 0.15) is 5.78 Å². The van der Waals surface area contributed by atoms with Gasteiger partial charge in [-0.3, -0.25) is 9.59 Å². The lowest BCUT2D eigenvalue weighted by molar-refractivity contribution is -0.118. The number of hydrogen-bond donors (Lipinski definition) is 0. The Balaban J connectivity index is 2.37. The van der Waals surface area contributed by atoms with Crippen LogP contribution in [0.2, 0.25) is 4.34 Å². The molecule has 0 unspecified atom stereocenters. The second-order valence-corrected chi connectivity index (χ2v) is 5.28. The zero-order valence-electron chi connectivity index (χ0n) is 9.29. The van der Waals surface area contributed by atoms with E-state index in [-0.39, 0.29) is 18.0 Å². The summed E-state index contributed by atoms with van der Waals surface area (Å²) in [6, 6.07) is 1.62. The second-order valence-electron chi connectivity index (χ2n) is 3.74. The first-order valence-electron chi connectivity index (χ1n) is 5.42. The Morgan fingerprint density at radius 1 is 1.38 bits per heavy atom. The Morgan fingerprint density at radius 2 is 2.12 bits per heavy atom. The molecule has 0 bridgehead atoms. The van der Waals surface area contributed by atoms with Crippen molar-refractivity contribution in [1.29, 1.82) is 0 Å². The third-order valence-corrected chi connectivity index (χ3v) is 3.40. The molecule has 4 heteroatoms. The van der Waals surface area contributed by atoms with Crippen molar-refractivity contribution in [1.82, 2.24) is 0 Å². The molecule has 1 rings (SSSR count). The molecule has 0 aromatic carbocycles. The maximum absolute atomic E-state index is 11.6. The van der Waals surface area contributed by atoms with Gasteiger partial charge in [-0.2, -0.15) is 0 Å². The summed E-state index contributed by atoms with van der Waals surface area (Å²) in [6.07, 6.45) is 3.53. The van der Waals surface area contributed by atoms with Gasteiger partial charge in [-0.15, -0.1) is 11.3 Å². The lowest BCUT2D eigenvalue weighted by atomic mass is 10.0. The largest absolute Gasteiger partial charge is 0.299 e. The van der Waals surface area contributed by atoms with E-state index in [0.717, 1.165) is 19.3 Å². The van der Waals surface area contributed by atoms with Crippen molar-refractivity contribution < 1.29 is 9.59 Å². The van der Waals surface area contributed by atoms with Gasteiger partial charge < -0.3 is 0 Å². The molecule has 0 saturated carbocycles. The summed E-state index contributed by atoms with van der Waals surface area (Å²) >= 11 is 7.04. The summed E-state index contributed by atoms with van der Waals surface area (Å²) < 4.78 is 0.585. The van der Waals surface area contributed by atoms with Crippen LogP contribution >= 0.6 is 22.9 Å². The van der Waals surface area contributed by atoms with Crippen molar-refractivity contribution in [3.05, 3.63) is 21.3 Å². The molecular weight excluding hydrogens is 244 g/mol. The molecule has 2 nitrogen and oxygen atoms in total. The summed E-state index contributed by atoms with van der Waals surface area (Å²) in [5, 5.41) is 1.70. The number of halogens is 1. The summed E-state index contributed by atoms with van der Waals surface area (Å²) in [5.41, 5.74) is 0.554. The van der Waals surface area contributed by atoms with E-state index in [1.165, 1.54) is 11.3 Å². The number of Topliss-reactive ketones (excluding diaryl/α,β-unsaturated/α-hetero) is 2. The maximum Gasteiger partial charge on any atom is 0.171 e. The first-order chi connectivity index (χ1) is 7.63. The molecular formula is C12H15ClO2S. The molecule has 0 aliphatic carbocycles. The van der Waals surface area contributed by atoms with Crippen molar-refractivity contribution in [2.24, 2.45) is 0 Å². The quantitative estimate of drug-likeness (QED) is 0.419. The predicted molar refractivity (Wildman–Crippen MR) is 67.4 cm³/mol. The minimum atomic E-state index is -0.121. The molecule has 0 amide bonds. The lowest BCUT2D eigenvalue weighted by Crippen LogP contribution is -2.07. The smallest absolute Gasteiger partial charge is 0.171 e. The lowest BCUT2D eigenvalue weighted by Gasteiger charge is -1.98. The molecule has 0 N–H and O–H groups in total. The monoisotopic (exact) mass is 258 g/mol. The Labute approximate surface area is 105 Å². The SMILES string of the molecule is CCCCCC(=O)CC(=O)c1csc(Cl)c1. The van der Waals surface area contributed by atoms with Gasteiger partial charge in [0.05, 0.1) is 10.8 Å². The Hall–Kier alpha value is -0.670. The standard InChI is InChI=1S/C12H15ClO2S/c1-2-3-4-5-10(14)7-11(15)9-6-12(13)16-8-9/h6,8H,2-5,7H2,1H3. The zero-order valence-corrected chi connectivity index (χ0v) is 10.9. The van der Waals surface area contributed by atoms with Crippen LogP contribution in [0.3, 0.4) is 0 Å². The highest BCUT2D eigenvalue weighted by Crippen LogP contribution is 2.21. The third-order valence-electron chi connectivity index (χ3n) is 2.31. The van der Waals surface area contributed by atoms with Crippen LogP contribution in [0.1, 0.15) is 49.4 Å². The van der Waals surface area contributed by atoms with Gasteiger partial charge in [-0.1, -0.05) is 31.4 Å². The van der Waals surface area contributed by atoms with Crippen LogP contribution < -0.4 is 0 Å². The first-order valence-corrected chi connectivity index (χ1v) is 6.68. The van der Waals surface area contributed by atoms with Gasteiger partial charge in [-0.05, 0) is 12.5 Å². The fourth-order valence-corrected chi connectivity index (χ4v) is 2.28. The first kappa shape index (κ1) is 13.4. The van der Waals surface area contributed by atoms with Crippen LogP contribution in [-0.4, -0.2) is 11.6 Å². The van der Waals surface area contributed by atoms with Crippen LogP contribution in [0.4, 0.5) is 0 Å². The highest BCUT2D eigenvalue weighted by molar-refractivity contribution is 7.14. The molecule has 0 aliphatic rings. The van der Waals surface area contributed by atoms with Crippen molar-refractivity contribution in [3.63, 3.8) is 0 Å². The van der Waals surface area contributed by atoms with Gasteiger partial charge >= 0.3 is 0 Å². The Bertz CT molecular complexity index is 371. The number of carbonyl (C=O) groups excluding carboxylic acids is 2. The molecule has 0 fully saturated rings. The molecule has 88 valence electrons. The summed E-state index contributed by atoms with van der Waals surface area (Å²) in [7, 11) is 0. The number of hydrogen-bond acceptors (Lipinski definition) is 3. The molecule has 0 saturated heterocycles. The van der Waals surface area contributed by atoms with Crippen LogP contribution in [0.15, 0.2) is 11.4 Å². The fourth-order valence-electron chi connectivity index (χ4n) is 1.40. The number of carbonyl (C=O) groups is 2. The number of thiophene rings is 1. The molecule has 1 aromatic rings.